The van der Waals surface area contributed by atoms with Crippen LogP contribution in [0.1, 0.15) is 59.8 Å². The molecule has 0 radical (unpaired) electrons. The smallest absolute Gasteiger partial charge is 0.220 e. The molecule has 12 heteroatoms. The number of amides is 2. The molecule has 6 N–H and O–H groups in total. The number of rotatable bonds is 12. The van der Waals surface area contributed by atoms with E-state index in [-0.39, 0.29) is 37.2 Å². The average Bonchev–Trinajstić information content (AvgIpc) is 2.80. The highest BCUT2D eigenvalue weighted by molar-refractivity contribution is 5.75. The Morgan fingerprint density at radius 1 is 1.03 bits per heavy atom. The molecular formula is C24H44N2O10. The van der Waals surface area contributed by atoms with Gasteiger partial charge in [-0.25, -0.2) is 0 Å². The standard InChI is InChI=1S/C24H44N2O10/c1-14(28)26-20-22(32)21(31)17(12-27)36-23(20)33-10-6-5-7-19(30)25-11-15-8-9-16(29)18(35-15)13-34-24(2,3)4/h15-18,20-23,27,29,31-32H,5-13H2,1-4H3,(H,25,30)(H,26,28). The number of hydrogen-bond donors (Lipinski definition) is 6. The van der Waals surface area contributed by atoms with Crippen molar-refractivity contribution < 1.29 is 49.0 Å². The van der Waals surface area contributed by atoms with E-state index in [0.29, 0.717) is 32.2 Å². The van der Waals surface area contributed by atoms with Crippen LogP contribution in [0.4, 0.5) is 0 Å². The Kier molecular flexibility index (Phi) is 12.4. The first kappa shape index (κ1) is 30.8. The van der Waals surface area contributed by atoms with Crippen LogP contribution in [0.25, 0.3) is 0 Å². The SMILES string of the molecule is CC(=O)NC1C(OCCCCC(=O)NCC2CCC(O)C(COC(C)(C)C)O2)OC(CO)C(O)C1O. The minimum Gasteiger partial charge on any atom is -0.394 e. The fraction of sp³-hybridized carbons (Fsp3) is 0.917. The Morgan fingerprint density at radius 3 is 2.39 bits per heavy atom. The van der Waals surface area contributed by atoms with Crippen LogP contribution in [0, 0.1) is 0 Å². The van der Waals surface area contributed by atoms with Gasteiger partial charge < -0.3 is 50.0 Å². The number of carbonyl (C=O) groups is 2. The number of hydrogen-bond acceptors (Lipinski definition) is 10. The Balaban J connectivity index is 1.67. The zero-order chi connectivity index (χ0) is 26.9. The molecule has 12 nitrogen and oxygen atoms in total. The molecule has 0 spiro atoms. The van der Waals surface area contributed by atoms with Gasteiger partial charge in [-0.1, -0.05) is 0 Å². The van der Waals surface area contributed by atoms with Gasteiger partial charge in [0.15, 0.2) is 6.29 Å². The van der Waals surface area contributed by atoms with Crippen LogP contribution in [0.3, 0.4) is 0 Å². The van der Waals surface area contributed by atoms with Crippen LogP contribution in [0.5, 0.6) is 0 Å². The van der Waals surface area contributed by atoms with Gasteiger partial charge in [0, 0.05) is 26.5 Å². The molecule has 2 aliphatic rings. The lowest BCUT2D eigenvalue weighted by atomic mass is 9.97. The summed E-state index contributed by atoms with van der Waals surface area (Å²) in [5, 5.41) is 45.2. The maximum atomic E-state index is 12.2. The zero-order valence-electron chi connectivity index (χ0n) is 21.7. The van der Waals surface area contributed by atoms with E-state index in [0.717, 1.165) is 0 Å². The third-order valence-electron chi connectivity index (χ3n) is 6.12. The molecule has 8 atom stereocenters. The molecule has 0 bridgehead atoms. The van der Waals surface area contributed by atoms with Crippen LogP contribution < -0.4 is 10.6 Å². The molecule has 36 heavy (non-hydrogen) atoms. The van der Waals surface area contributed by atoms with Gasteiger partial charge in [0.1, 0.15) is 30.5 Å². The first-order valence-electron chi connectivity index (χ1n) is 12.7. The van der Waals surface area contributed by atoms with E-state index in [1.165, 1.54) is 6.92 Å². The third-order valence-corrected chi connectivity index (χ3v) is 6.12. The topological polar surface area (TPSA) is 176 Å². The third kappa shape index (κ3) is 10.2. The first-order chi connectivity index (χ1) is 16.9. The largest absolute Gasteiger partial charge is 0.394 e. The maximum Gasteiger partial charge on any atom is 0.220 e. The normalized spacial score (nSPS) is 33.2. The highest BCUT2D eigenvalue weighted by atomic mass is 16.7. The summed E-state index contributed by atoms with van der Waals surface area (Å²) >= 11 is 0. The Labute approximate surface area is 212 Å². The lowest BCUT2D eigenvalue weighted by Crippen LogP contribution is -2.64. The fourth-order valence-electron chi connectivity index (χ4n) is 4.10. The molecule has 0 saturated carbocycles. The summed E-state index contributed by atoms with van der Waals surface area (Å²) in [6.45, 7) is 7.40. The number of aliphatic hydroxyl groups is 4. The van der Waals surface area contributed by atoms with Gasteiger partial charge in [-0.15, -0.1) is 0 Å². The van der Waals surface area contributed by atoms with Gasteiger partial charge in [0.05, 0.1) is 31.0 Å². The second-order valence-corrected chi connectivity index (χ2v) is 10.4. The second-order valence-electron chi connectivity index (χ2n) is 10.4. The Hall–Kier alpha value is -1.38. The number of nitrogens with one attached hydrogen (secondary N) is 2. The van der Waals surface area contributed by atoms with Crippen LogP contribution in [0.15, 0.2) is 0 Å². The minimum atomic E-state index is -1.37. The van der Waals surface area contributed by atoms with Crippen molar-refractivity contribution in [3.05, 3.63) is 0 Å². The Morgan fingerprint density at radius 2 is 1.75 bits per heavy atom. The molecule has 2 saturated heterocycles. The number of aliphatic hydroxyl groups excluding tert-OH is 4. The van der Waals surface area contributed by atoms with E-state index in [1.807, 2.05) is 20.8 Å². The summed E-state index contributed by atoms with van der Waals surface area (Å²) in [6.07, 6.45) is -3.47. The predicted molar refractivity (Wildman–Crippen MR) is 128 cm³/mol. The van der Waals surface area contributed by atoms with Crippen LogP contribution in [0.2, 0.25) is 0 Å². The molecule has 2 heterocycles. The van der Waals surface area contributed by atoms with E-state index in [2.05, 4.69) is 10.6 Å². The summed E-state index contributed by atoms with van der Waals surface area (Å²) in [5.41, 5.74) is -0.330. The van der Waals surface area contributed by atoms with Gasteiger partial charge >= 0.3 is 0 Å². The minimum absolute atomic E-state index is 0.129. The van der Waals surface area contributed by atoms with Crippen LogP contribution in [-0.2, 0) is 28.5 Å². The van der Waals surface area contributed by atoms with Crippen molar-refractivity contribution >= 4 is 11.8 Å². The van der Waals surface area contributed by atoms with Gasteiger partial charge in [0.2, 0.25) is 11.8 Å². The monoisotopic (exact) mass is 520 g/mol. The first-order valence-corrected chi connectivity index (χ1v) is 12.7. The molecule has 2 amide bonds. The predicted octanol–water partition coefficient (Wildman–Crippen LogP) is -1.04. The van der Waals surface area contributed by atoms with E-state index in [1.54, 1.807) is 0 Å². The summed E-state index contributed by atoms with van der Waals surface area (Å²) in [6, 6.07) is -0.991. The van der Waals surface area contributed by atoms with E-state index < -0.39 is 55.4 Å². The van der Waals surface area contributed by atoms with Crippen molar-refractivity contribution in [2.24, 2.45) is 0 Å². The average molecular weight is 521 g/mol. The van der Waals surface area contributed by atoms with E-state index in [9.17, 15) is 30.0 Å². The lowest BCUT2D eigenvalue weighted by molar-refractivity contribution is -0.270. The van der Waals surface area contributed by atoms with Crippen LogP contribution >= 0.6 is 0 Å². The molecular weight excluding hydrogens is 476 g/mol. The number of unbranched alkanes of at least 4 members (excludes halogenated alkanes) is 1. The summed E-state index contributed by atoms with van der Waals surface area (Å²) in [5.74, 6) is -0.553. The molecule has 210 valence electrons. The van der Waals surface area contributed by atoms with Crippen molar-refractivity contribution in [3.63, 3.8) is 0 Å². The van der Waals surface area contributed by atoms with Gasteiger partial charge in [-0.05, 0) is 46.5 Å². The highest BCUT2D eigenvalue weighted by Crippen LogP contribution is 2.23. The molecule has 0 aliphatic carbocycles. The lowest BCUT2D eigenvalue weighted by Gasteiger charge is -2.42. The van der Waals surface area contributed by atoms with Crippen molar-refractivity contribution in [1.82, 2.24) is 10.6 Å². The van der Waals surface area contributed by atoms with Crippen molar-refractivity contribution in [3.8, 4) is 0 Å². The molecule has 2 fully saturated rings. The number of ether oxygens (including phenoxy) is 4. The van der Waals surface area contributed by atoms with Gasteiger partial charge in [-0.2, -0.15) is 0 Å². The van der Waals surface area contributed by atoms with Gasteiger partial charge in [0.25, 0.3) is 0 Å². The van der Waals surface area contributed by atoms with Gasteiger partial charge in [-0.3, -0.25) is 9.59 Å². The van der Waals surface area contributed by atoms with E-state index in [4.69, 9.17) is 18.9 Å². The summed E-state index contributed by atoms with van der Waals surface area (Å²) < 4.78 is 22.8. The summed E-state index contributed by atoms with van der Waals surface area (Å²) in [7, 11) is 0. The Bertz CT molecular complexity index is 688. The van der Waals surface area contributed by atoms with Crippen molar-refractivity contribution in [2.75, 3.05) is 26.4 Å². The maximum absolute atomic E-state index is 12.2. The molecule has 0 aromatic heterocycles. The molecule has 0 aromatic rings. The second kappa shape index (κ2) is 14.5. The molecule has 8 unspecified atom stereocenters. The zero-order valence-corrected chi connectivity index (χ0v) is 21.7. The molecule has 2 rings (SSSR count). The molecule has 0 aromatic carbocycles. The highest BCUT2D eigenvalue weighted by Gasteiger charge is 2.45. The quantitative estimate of drug-likeness (QED) is 0.174. The van der Waals surface area contributed by atoms with Crippen molar-refractivity contribution in [1.29, 1.82) is 0 Å². The summed E-state index contributed by atoms with van der Waals surface area (Å²) in [4.78, 5) is 23.7. The van der Waals surface area contributed by atoms with E-state index >= 15 is 0 Å². The van der Waals surface area contributed by atoms with Crippen LogP contribution in [-0.4, -0.2) is 113 Å². The molecule has 2 aliphatic heterocycles. The van der Waals surface area contributed by atoms with Crippen molar-refractivity contribution in [2.45, 2.75) is 114 Å². The fourth-order valence-corrected chi connectivity index (χ4v) is 4.10. The number of carbonyl (C=O) groups excluding carboxylic acids is 2.